The maximum Gasteiger partial charge on any atom is 0.306 e. The standard InChI is InChI=1S/C58H109NO7/c1-6-8-10-12-14-16-18-20-22-24-26-27-28-29-30-31-33-34-36-38-40-42-44-46-48-56(60)65-53-54(52-64-51-50-55(58(62)63)59(3,4)5)66-57(61)49-47-45-43-41-39-37-35-32-25-23-21-19-17-15-13-11-9-7-2/h17,19,23,25,54-55H,6-16,18,20-22,24,26-53H2,1-5H3/b19-17-,25-23-. The van der Waals surface area contributed by atoms with Gasteiger partial charge < -0.3 is 28.6 Å². The van der Waals surface area contributed by atoms with Crippen molar-refractivity contribution in [3.63, 3.8) is 0 Å². The number of hydrogen-bond donors (Lipinski definition) is 0. The van der Waals surface area contributed by atoms with Crippen LogP contribution in [0.5, 0.6) is 0 Å². The Morgan fingerprint density at radius 1 is 0.455 bits per heavy atom. The van der Waals surface area contributed by atoms with Crippen LogP contribution in [-0.2, 0) is 28.6 Å². The fraction of sp³-hybridized carbons (Fsp3) is 0.879. The van der Waals surface area contributed by atoms with E-state index in [-0.39, 0.29) is 42.7 Å². The molecule has 388 valence electrons. The predicted octanol–water partition coefficient (Wildman–Crippen LogP) is 15.4. The number of aliphatic carboxylic acids is 1. The molecule has 0 aliphatic heterocycles. The number of unbranched alkanes of at least 4 members (excludes halogenated alkanes) is 34. The van der Waals surface area contributed by atoms with Crippen LogP contribution in [0.2, 0.25) is 0 Å². The molecule has 0 aliphatic carbocycles. The van der Waals surface area contributed by atoms with Gasteiger partial charge in [0.1, 0.15) is 12.6 Å². The van der Waals surface area contributed by atoms with Crippen LogP contribution in [0.25, 0.3) is 0 Å². The fourth-order valence-electron chi connectivity index (χ4n) is 8.69. The van der Waals surface area contributed by atoms with E-state index in [0.29, 0.717) is 12.8 Å². The van der Waals surface area contributed by atoms with Crippen LogP contribution in [-0.4, -0.2) is 75.5 Å². The Morgan fingerprint density at radius 2 is 0.803 bits per heavy atom. The first kappa shape index (κ1) is 63.8. The predicted molar refractivity (Wildman–Crippen MR) is 277 cm³/mol. The Bertz CT molecular complexity index is 1130. The zero-order valence-electron chi connectivity index (χ0n) is 44.4. The van der Waals surface area contributed by atoms with Crippen molar-refractivity contribution in [3.05, 3.63) is 24.3 Å². The summed E-state index contributed by atoms with van der Waals surface area (Å²) >= 11 is 0. The number of ether oxygens (including phenoxy) is 3. The molecular formula is C58H109NO7. The van der Waals surface area contributed by atoms with Crippen molar-refractivity contribution in [1.29, 1.82) is 0 Å². The summed E-state index contributed by atoms with van der Waals surface area (Å²) in [5.74, 6) is -1.72. The number of carboxylic acids is 1. The summed E-state index contributed by atoms with van der Waals surface area (Å²) in [7, 11) is 5.43. The number of rotatable bonds is 52. The number of nitrogens with zero attached hydrogens (tertiary/aromatic N) is 1. The van der Waals surface area contributed by atoms with Crippen LogP contribution in [0.4, 0.5) is 0 Å². The molecule has 0 aromatic rings. The third kappa shape index (κ3) is 46.9. The van der Waals surface area contributed by atoms with Crippen molar-refractivity contribution in [2.75, 3.05) is 41.0 Å². The van der Waals surface area contributed by atoms with Gasteiger partial charge in [-0.1, -0.05) is 237 Å². The van der Waals surface area contributed by atoms with Crippen LogP contribution >= 0.6 is 0 Å². The number of esters is 2. The molecule has 66 heavy (non-hydrogen) atoms. The lowest BCUT2D eigenvalue weighted by Gasteiger charge is -2.34. The van der Waals surface area contributed by atoms with Gasteiger partial charge in [0.2, 0.25) is 0 Å². The molecule has 0 amide bonds. The van der Waals surface area contributed by atoms with Crippen molar-refractivity contribution in [1.82, 2.24) is 0 Å². The number of hydrogen-bond acceptors (Lipinski definition) is 7. The SMILES string of the molecule is CCCCCC/C=C\C/C=C\CCCCCCCCCC(=O)OC(COCCC(C(=O)[O-])[N+](C)(C)C)COC(=O)CCCCCCCCCCCCCCCCCCCCCCCCCC. The van der Waals surface area contributed by atoms with E-state index in [1.165, 1.54) is 193 Å². The van der Waals surface area contributed by atoms with E-state index in [9.17, 15) is 19.5 Å². The molecule has 8 nitrogen and oxygen atoms in total. The highest BCUT2D eigenvalue weighted by Crippen LogP contribution is 2.17. The first-order valence-electron chi connectivity index (χ1n) is 28.4. The summed E-state index contributed by atoms with van der Waals surface area (Å²) in [5.41, 5.74) is 0. The highest BCUT2D eigenvalue weighted by atomic mass is 16.6. The quantitative estimate of drug-likeness (QED) is 0.0259. The van der Waals surface area contributed by atoms with Crippen LogP contribution in [0.3, 0.4) is 0 Å². The third-order valence-corrected chi connectivity index (χ3v) is 13.1. The van der Waals surface area contributed by atoms with Crippen molar-refractivity contribution in [2.24, 2.45) is 0 Å². The normalized spacial score (nSPS) is 12.9. The van der Waals surface area contributed by atoms with Gasteiger partial charge in [-0.05, 0) is 44.9 Å². The van der Waals surface area contributed by atoms with E-state index in [2.05, 4.69) is 38.2 Å². The molecule has 0 spiro atoms. The molecule has 0 saturated carbocycles. The lowest BCUT2D eigenvalue weighted by Crippen LogP contribution is -2.55. The van der Waals surface area contributed by atoms with Gasteiger partial charge in [0.15, 0.2) is 6.10 Å². The maximum atomic E-state index is 12.8. The number of likely N-dealkylation sites (N-methyl/N-ethyl adjacent to an activating group) is 1. The molecule has 8 heteroatoms. The molecule has 2 unspecified atom stereocenters. The molecule has 0 radical (unpaired) electrons. The van der Waals surface area contributed by atoms with Crippen molar-refractivity contribution in [2.45, 2.75) is 289 Å². The average Bonchev–Trinajstić information content (AvgIpc) is 3.28. The minimum Gasteiger partial charge on any atom is -0.544 e. The molecule has 0 fully saturated rings. The number of carboxylic acid groups (broad SMARTS) is 1. The lowest BCUT2D eigenvalue weighted by atomic mass is 10.0. The van der Waals surface area contributed by atoms with Crippen LogP contribution in [0.15, 0.2) is 24.3 Å². The monoisotopic (exact) mass is 932 g/mol. The summed E-state index contributed by atoms with van der Waals surface area (Å²) < 4.78 is 17.3. The van der Waals surface area contributed by atoms with Crippen molar-refractivity contribution < 1.29 is 38.2 Å². The van der Waals surface area contributed by atoms with Gasteiger partial charge in [0.25, 0.3) is 0 Å². The van der Waals surface area contributed by atoms with Gasteiger partial charge in [-0.15, -0.1) is 0 Å². The average molecular weight is 933 g/mol. The number of quaternary nitrogens is 1. The Balaban J connectivity index is 4.13. The number of carbonyl (C=O) groups is 3. The maximum absolute atomic E-state index is 12.8. The summed E-state index contributed by atoms with van der Waals surface area (Å²) in [5, 5.41) is 11.7. The number of allylic oxidation sites excluding steroid dienone is 4. The van der Waals surface area contributed by atoms with Gasteiger partial charge in [-0.25, -0.2) is 0 Å². The van der Waals surface area contributed by atoms with Gasteiger partial charge in [0, 0.05) is 19.3 Å². The second-order valence-corrected chi connectivity index (χ2v) is 20.5. The second kappa shape index (κ2) is 49.2. The highest BCUT2D eigenvalue weighted by molar-refractivity contribution is 5.70. The van der Waals surface area contributed by atoms with E-state index in [4.69, 9.17) is 14.2 Å². The minimum atomic E-state index is -1.12. The van der Waals surface area contributed by atoms with Crippen LogP contribution < -0.4 is 5.11 Å². The van der Waals surface area contributed by atoms with E-state index in [1.807, 2.05) is 21.1 Å². The second-order valence-electron chi connectivity index (χ2n) is 20.5. The van der Waals surface area contributed by atoms with Crippen molar-refractivity contribution in [3.8, 4) is 0 Å². The Morgan fingerprint density at radius 3 is 1.18 bits per heavy atom. The third-order valence-electron chi connectivity index (χ3n) is 13.1. The molecule has 0 aliphatic rings. The molecule has 0 saturated heterocycles. The Labute approximate surface area is 409 Å². The largest absolute Gasteiger partial charge is 0.544 e. The lowest BCUT2D eigenvalue weighted by molar-refractivity contribution is -0.889. The molecule has 0 rings (SSSR count). The zero-order valence-corrected chi connectivity index (χ0v) is 44.4. The molecule has 0 aromatic carbocycles. The molecule has 0 heterocycles. The minimum absolute atomic E-state index is 0.0421. The summed E-state index contributed by atoms with van der Waals surface area (Å²) in [6.07, 6.45) is 57.9. The van der Waals surface area contributed by atoms with Crippen LogP contribution in [0.1, 0.15) is 277 Å². The molecule has 0 aromatic heterocycles. The Hall–Kier alpha value is -2.19. The highest BCUT2D eigenvalue weighted by Gasteiger charge is 2.25. The number of carbonyl (C=O) groups excluding carboxylic acids is 3. The van der Waals surface area contributed by atoms with Crippen LogP contribution in [0, 0.1) is 0 Å². The van der Waals surface area contributed by atoms with E-state index >= 15 is 0 Å². The molecular weight excluding hydrogens is 823 g/mol. The molecule has 0 N–H and O–H groups in total. The van der Waals surface area contributed by atoms with E-state index in [0.717, 1.165) is 51.4 Å². The van der Waals surface area contributed by atoms with Crippen molar-refractivity contribution >= 4 is 17.9 Å². The summed E-state index contributed by atoms with van der Waals surface area (Å²) in [6, 6.07) is -0.726. The summed E-state index contributed by atoms with van der Waals surface area (Å²) in [6.45, 7) is 4.69. The van der Waals surface area contributed by atoms with Gasteiger partial charge in [0.05, 0.1) is 40.3 Å². The summed E-state index contributed by atoms with van der Waals surface area (Å²) in [4.78, 5) is 37.1. The molecule has 0 bridgehead atoms. The van der Waals surface area contributed by atoms with Gasteiger partial charge in [-0.3, -0.25) is 9.59 Å². The Kier molecular flexibility index (Phi) is 47.6. The van der Waals surface area contributed by atoms with E-state index < -0.39 is 18.1 Å². The smallest absolute Gasteiger partial charge is 0.306 e. The zero-order chi connectivity index (χ0) is 48.4. The topological polar surface area (TPSA) is 102 Å². The van der Waals surface area contributed by atoms with E-state index in [1.54, 1.807) is 0 Å². The molecule has 2 atom stereocenters. The first-order valence-corrected chi connectivity index (χ1v) is 28.4. The first-order chi connectivity index (χ1) is 32.1. The fourth-order valence-corrected chi connectivity index (χ4v) is 8.69. The van der Waals surface area contributed by atoms with Gasteiger partial charge in [-0.2, -0.15) is 0 Å². The van der Waals surface area contributed by atoms with Gasteiger partial charge >= 0.3 is 11.9 Å².